The predicted octanol–water partition coefficient (Wildman–Crippen LogP) is 3.03. The van der Waals surface area contributed by atoms with Crippen molar-refractivity contribution in [3.05, 3.63) is 0 Å². The molecule has 2 aliphatic rings. The fourth-order valence-corrected chi connectivity index (χ4v) is 3.50. The maximum atomic E-state index is 3.65. The molecule has 2 fully saturated rings. The third-order valence-electron chi connectivity index (χ3n) is 4.55. The van der Waals surface area contributed by atoms with Crippen LogP contribution in [0.3, 0.4) is 0 Å². The predicted molar refractivity (Wildman–Crippen MR) is 74.3 cm³/mol. The van der Waals surface area contributed by atoms with Gasteiger partial charge in [0.05, 0.1) is 0 Å². The minimum Gasteiger partial charge on any atom is -0.314 e. The quantitative estimate of drug-likeness (QED) is 0.765. The van der Waals surface area contributed by atoms with E-state index in [9.17, 15) is 0 Å². The number of hydrogen-bond acceptors (Lipinski definition) is 2. The maximum absolute atomic E-state index is 3.65. The molecular formula is C15H30N2. The Bertz CT molecular complexity index is 193. The zero-order valence-corrected chi connectivity index (χ0v) is 11.6. The standard InChI is InChI=1S/C15H30N2/c1-17(13-14-7-2-3-8-14)12-6-10-15-9-4-5-11-16-15/h14-16H,2-13H2,1H3. The van der Waals surface area contributed by atoms with E-state index in [0.29, 0.717) is 0 Å². The lowest BCUT2D eigenvalue weighted by molar-refractivity contribution is 0.263. The Balaban J connectivity index is 1.51. The minimum atomic E-state index is 0.823. The lowest BCUT2D eigenvalue weighted by atomic mass is 10.0. The molecule has 1 N–H and O–H groups in total. The van der Waals surface area contributed by atoms with Crippen molar-refractivity contribution in [2.24, 2.45) is 5.92 Å². The van der Waals surface area contributed by atoms with Crippen LogP contribution in [0, 0.1) is 5.92 Å². The summed E-state index contributed by atoms with van der Waals surface area (Å²) in [5, 5.41) is 3.65. The number of nitrogens with zero attached hydrogens (tertiary/aromatic N) is 1. The van der Waals surface area contributed by atoms with Gasteiger partial charge in [-0.25, -0.2) is 0 Å². The Morgan fingerprint density at radius 2 is 1.82 bits per heavy atom. The van der Waals surface area contributed by atoms with Gasteiger partial charge in [-0.05, 0) is 64.6 Å². The molecule has 1 saturated heterocycles. The van der Waals surface area contributed by atoms with Crippen LogP contribution in [0.2, 0.25) is 0 Å². The van der Waals surface area contributed by atoms with E-state index >= 15 is 0 Å². The first kappa shape index (κ1) is 13.4. The second-order valence-electron chi connectivity index (χ2n) is 6.20. The van der Waals surface area contributed by atoms with Crippen LogP contribution >= 0.6 is 0 Å². The second kappa shape index (κ2) is 7.38. The summed E-state index contributed by atoms with van der Waals surface area (Å²) in [5.41, 5.74) is 0. The van der Waals surface area contributed by atoms with Crippen LogP contribution in [0.1, 0.15) is 57.8 Å². The topological polar surface area (TPSA) is 15.3 Å². The molecule has 1 unspecified atom stereocenters. The van der Waals surface area contributed by atoms with Crippen molar-refractivity contribution in [3.8, 4) is 0 Å². The van der Waals surface area contributed by atoms with Gasteiger partial charge in [-0.1, -0.05) is 19.3 Å². The largest absolute Gasteiger partial charge is 0.314 e. The van der Waals surface area contributed by atoms with E-state index < -0.39 is 0 Å². The fourth-order valence-electron chi connectivity index (χ4n) is 3.50. The summed E-state index contributed by atoms with van der Waals surface area (Å²) in [4.78, 5) is 2.57. The lowest BCUT2D eigenvalue weighted by Crippen LogP contribution is -2.35. The van der Waals surface area contributed by atoms with Crippen LogP contribution < -0.4 is 5.32 Å². The molecule has 1 heterocycles. The maximum Gasteiger partial charge on any atom is 0.00675 e. The highest BCUT2D eigenvalue weighted by molar-refractivity contribution is 4.74. The van der Waals surface area contributed by atoms with Gasteiger partial charge in [0.2, 0.25) is 0 Å². The molecule has 2 heteroatoms. The molecule has 2 rings (SSSR count). The Kier molecular flexibility index (Phi) is 5.79. The van der Waals surface area contributed by atoms with Crippen LogP contribution in [0.25, 0.3) is 0 Å². The summed E-state index contributed by atoms with van der Waals surface area (Å²) in [6.07, 6.45) is 12.9. The third kappa shape index (κ3) is 4.97. The van der Waals surface area contributed by atoms with Crippen molar-refractivity contribution in [2.75, 3.05) is 26.7 Å². The van der Waals surface area contributed by atoms with Crippen LogP contribution in [-0.4, -0.2) is 37.6 Å². The second-order valence-corrected chi connectivity index (χ2v) is 6.20. The van der Waals surface area contributed by atoms with Crippen molar-refractivity contribution in [1.29, 1.82) is 0 Å². The molecule has 0 amide bonds. The van der Waals surface area contributed by atoms with Crippen LogP contribution in [-0.2, 0) is 0 Å². The molecule has 0 aromatic rings. The Morgan fingerprint density at radius 1 is 1.06 bits per heavy atom. The van der Waals surface area contributed by atoms with Gasteiger partial charge in [0, 0.05) is 12.6 Å². The van der Waals surface area contributed by atoms with Gasteiger partial charge in [0.1, 0.15) is 0 Å². The molecule has 1 aliphatic carbocycles. The fraction of sp³-hybridized carbons (Fsp3) is 1.00. The smallest absolute Gasteiger partial charge is 0.00675 e. The molecular weight excluding hydrogens is 208 g/mol. The van der Waals surface area contributed by atoms with Crippen molar-refractivity contribution in [3.63, 3.8) is 0 Å². The first-order chi connectivity index (χ1) is 8.34. The zero-order chi connectivity index (χ0) is 11.9. The molecule has 1 atom stereocenters. The van der Waals surface area contributed by atoms with Gasteiger partial charge >= 0.3 is 0 Å². The van der Waals surface area contributed by atoms with E-state index in [4.69, 9.17) is 0 Å². The molecule has 17 heavy (non-hydrogen) atoms. The minimum absolute atomic E-state index is 0.823. The molecule has 1 aliphatic heterocycles. The molecule has 0 bridgehead atoms. The Morgan fingerprint density at radius 3 is 2.53 bits per heavy atom. The Labute approximate surface area is 107 Å². The monoisotopic (exact) mass is 238 g/mol. The molecule has 100 valence electrons. The highest BCUT2D eigenvalue weighted by Gasteiger charge is 2.17. The SMILES string of the molecule is CN(CCCC1CCCCN1)CC1CCCC1. The first-order valence-corrected chi connectivity index (χ1v) is 7.76. The van der Waals surface area contributed by atoms with Gasteiger partial charge in [-0.15, -0.1) is 0 Å². The zero-order valence-electron chi connectivity index (χ0n) is 11.6. The van der Waals surface area contributed by atoms with Crippen molar-refractivity contribution in [2.45, 2.75) is 63.8 Å². The van der Waals surface area contributed by atoms with Crippen molar-refractivity contribution in [1.82, 2.24) is 10.2 Å². The highest BCUT2D eigenvalue weighted by atomic mass is 15.1. The van der Waals surface area contributed by atoms with Gasteiger partial charge < -0.3 is 10.2 Å². The van der Waals surface area contributed by atoms with Crippen LogP contribution in [0.5, 0.6) is 0 Å². The molecule has 2 nitrogen and oxygen atoms in total. The van der Waals surface area contributed by atoms with Gasteiger partial charge in [0.25, 0.3) is 0 Å². The highest BCUT2D eigenvalue weighted by Crippen LogP contribution is 2.25. The average Bonchev–Trinajstić information content (AvgIpc) is 2.83. The number of nitrogens with one attached hydrogen (secondary N) is 1. The van der Waals surface area contributed by atoms with Crippen LogP contribution in [0.4, 0.5) is 0 Å². The molecule has 0 aromatic carbocycles. The molecule has 1 saturated carbocycles. The lowest BCUT2D eigenvalue weighted by Gasteiger charge is -2.25. The molecule has 0 spiro atoms. The summed E-state index contributed by atoms with van der Waals surface area (Å²) >= 11 is 0. The summed E-state index contributed by atoms with van der Waals surface area (Å²) in [6.45, 7) is 3.90. The number of piperidine rings is 1. The van der Waals surface area contributed by atoms with Crippen LogP contribution in [0.15, 0.2) is 0 Å². The van der Waals surface area contributed by atoms with Gasteiger partial charge in [0.15, 0.2) is 0 Å². The summed E-state index contributed by atoms with van der Waals surface area (Å²) in [5.74, 6) is 1.01. The van der Waals surface area contributed by atoms with E-state index in [2.05, 4.69) is 17.3 Å². The van der Waals surface area contributed by atoms with E-state index in [-0.39, 0.29) is 0 Å². The number of hydrogen-bond donors (Lipinski definition) is 1. The van der Waals surface area contributed by atoms with Crippen molar-refractivity contribution < 1.29 is 0 Å². The first-order valence-electron chi connectivity index (χ1n) is 7.76. The molecule has 0 radical (unpaired) electrons. The summed E-state index contributed by atoms with van der Waals surface area (Å²) < 4.78 is 0. The van der Waals surface area contributed by atoms with E-state index in [1.54, 1.807) is 0 Å². The summed E-state index contributed by atoms with van der Waals surface area (Å²) in [6, 6.07) is 0.823. The summed E-state index contributed by atoms with van der Waals surface area (Å²) in [7, 11) is 2.31. The van der Waals surface area contributed by atoms with Gasteiger partial charge in [-0.3, -0.25) is 0 Å². The third-order valence-corrected chi connectivity index (χ3v) is 4.55. The number of rotatable bonds is 6. The Hall–Kier alpha value is -0.0800. The molecule has 0 aromatic heterocycles. The average molecular weight is 238 g/mol. The van der Waals surface area contributed by atoms with Crippen molar-refractivity contribution >= 4 is 0 Å². The van der Waals surface area contributed by atoms with Gasteiger partial charge in [-0.2, -0.15) is 0 Å². The van der Waals surface area contributed by atoms with E-state index in [1.165, 1.54) is 77.4 Å². The normalized spacial score (nSPS) is 26.8. The van der Waals surface area contributed by atoms with E-state index in [1.807, 2.05) is 0 Å². The van der Waals surface area contributed by atoms with E-state index in [0.717, 1.165) is 12.0 Å².